The molecule has 0 unspecified atom stereocenters. The normalized spacial score (nSPS) is 8.82. The maximum atomic E-state index is 8.45. The zero-order valence-corrected chi connectivity index (χ0v) is 6.55. The summed E-state index contributed by atoms with van der Waals surface area (Å²) < 4.78 is 0. The summed E-state index contributed by atoms with van der Waals surface area (Å²) in [6.07, 6.45) is 1.38. The van der Waals surface area contributed by atoms with Crippen LogP contribution in [0.5, 0.6) is 0 Å². The predicted molar refractivity (Wildman–Crippen MR) is 41.3 cm³/mol. The lowest BCUT2D eigenvalue weighted by atomic mass is 10.4. The van der Waals surface area contributed by atoms with Crippen molar-refractivity contribution in [1.29, 1.82) is 5.26 Å². The monoisotopic (exact) mass is 168 g/mol. The van der Waals surface area contributed by atoms with E-state index in [0.29, 0.717) is 5.95 Å². The first-order valence-corrected chi connectivity index (χ1v) is 3.26. The second-order valence-corrected chi connectivity index (χ2v) is 2.12. The highest BCUT2D eigenvalue weighted by molar-refractivity contribution is 6.30. The number of anilines is 1. The lowest BCUT2D eigenvalue weighted by Crippen LogP contribution is -1.96. The highest BCUT2D eigenvalue weighted by Crippen LogP contribution is 2.11. The zero-order chi connectivity index (χ0) is 8.27. The van der Waals surface area contributed by atoms with Crippen LogP contribution in [-0.2, 0) is 0 Å². The maximum absolute atomic E-state index is 8.45. The Morgan fingerprint density at radius 2 is 2.45 bits per heavy atom. The van der Waals surface area contributed by atoms with Gasteiger partial charge in [0.1, 0.15) is 11.6 Å². The Kier molecular flexibility index (Phi) is 2.24. The molecule has 0 aliphatic rings. The molecule has 0 spiro atoms. The first kappa shape index (κ1) is 7.76. The average Bonchev–Trinajstić information content (AvgIpc) is 2.04. The third-order valence-electron chi connectivity index (χ3n) is 1.09. The zero-order valence-electron chi connectivity index (χ0n) is 5.80. The van der Waals surface area contributed by atoms with Crippen LogP contribution in [0.1, 0.15) is 5.56 Å². The molecule has 1 heterocycles. The molecule has 0 aromatic carbocycles. The Bertz CT molecular complexity index is 304. The van der Waals surface area contributed by atoms with Crippen molar-refractivity contribution in [1.82, 2.24) is 9.97 Å². The number of halogens is 1. The fourth-order valence-corrected chi connectivity index (χ4v) is 0.728. The van der Waals surface area contributed by atoms with Gasteiger partial charge in [-0.25, -0.2) is 4.98 Å². The van der Waals surface area contributed by atoms with E-state index >= 15 is 0 Å². The highest BCUT2D eigenvalue weighted by Gasteiger charge is 2.01. The molecule has 56 valence electrons. The van der Waals surface area contributed by atoms with Crippen molar-refractivity contribution in [3.8, 4) is 6.07 Å². The first-order valence-electron chi connectivity index (χ1n) is 2.88. The van der Waals surface area contributed by atoms with E-state index in [0.717, 1.165) is 0 Å². The molecule has 1 rings (SSSR count). The van der Waals surface area contributed by atoms with Crippen molar-refractivity contribution in [2.75, 3.05) is 12.4 Å². The highest BCUT2D eigenvalue weighted by atomic mass is 35.5. The van der Waals surface area contributed by atoms with E-state index in [-0.39, 0.29) is 10.7 Å². The Labute approximate surface area is 68.8 Å². The van der Waals surface area contributed by atoms with E-state index in [9.17, 15) is 0 Å². The van der Waals surface area contributed by atoms with Gasteiger partial charge in [0.25, 0.3) is 0 Å². The van der Waals surface area contributed by atoms with Crippen molar-refractivity contribution in [3.05, 3.63) is 16.9 Å². The first-order chi connectivity index (χ1) is 5.27. The Hall–Kier alpha value is -1.34. The summed E-state index contributed by atoms with van der Waals surface area (Å²) in [5.74, 6) is 0.411. The largest absolute Gasteiger partial charge is 0.357 e. The van der Waals surface area contributed by atoms with Crippen LogP contribution >= 0.6 is 11.6 Å². The lowest BCUT2D eigenvalue weighted by molar-refractivity contribution is 1.14. The molecule has 0 radical (unpaired) electrons. The Morgan fingerprint density at radius 3 is 2.91 bits per heavy atom. The number of nitriles is 1. The molecule has 0 saturated carbocycles. The van der Waals surface area contributed by atoms with Gasteiger partial charge in [0.15, 0.2) is 5.15 Å². The SMILES string of the molecule is CNc1ncc(C#N)c(Cl)n1. The molecule has 5 heteroatoms. The second kappa shape index (κ2) is 3.17. The number of rotatable bonds is 1. The van der Waals surface area contributed by atoms with Gasteiger partial charge in [0, 0.05) is 7.05 Å². The van der Waals surface area contributed by atoms with Crippen molar-refractivity contribution in [2.45, 2.75) is 0 Å². The van der Waals surface area contributed by atoms with Crippen molar-refractivity contribution >= 4 is 17.5 Å². The Morgan fingerprint density at radius 1 is 1.73 bits per heavy atom. The van der Waals surface area contributed by atoms with E-state index in [2.05, 4.69) is 15.3 Å². The molecule has 0 aliphatic carbocycles. The molecule has 4 nitrogen and oxygen atoms in total. The quantitative estimate of drug-likeness (QED) is 0.637. The molecule has 1 aromatic heterocycles. The van der Waals surface area contributed by atoms with E-state index < -0.39 is 0 Å². The van der Waals surface area contributed by atoms with E-state index in [1.165, 1.54) is 6.20 Å². The molecular weight excluding hydrogens is 164 g/mol. The molecule has 0 fully saturated rings. The van der Waals surface area contributed by atoms with Gasteiger partial charge in [-0.2, -0.15) is 10.2 Å². The van der Waals surface area contributed by atoms with Gasteiger partial charge in [0.05, 0.1) is 6.20 Å². The molecule has 11 heavy (non-hydrogen) atoms. The summed E-state index contributed by atoms with van der Waals surface area (Å²) in [5.41, 5.74) is 0.283. The molecule has 1 aromatic rings. The Balaban J connectivity index is 3.12. The molecule has 0 bridgehead atoms. The minimum absolute atomic E-state index is 0.173. The van der Waals surface area contributed by atoms with Gasteiger partial charge in [-0.15, -0.1) is 0 Å². The van der Waals surface area contributed by atoms with Crippen LogP contribution in [0.2, 0.25) is 5.15 Å². The van der Waals surface area contributed by atoms with Crippen LogP contribution in [-0.4, -0.2) is 17.0 Å². The smallest absolute Gasteiger partial charge is 0.223 e. The van der Waals surface area contributed by atoms with E-state index in [4.69, 9.17) is 16.9 Å². The molecule has 0 atom stereocenters. The summed E-state index contributed by atoms with van der Waals surface area (Å²) in [6.45, 7) is 0. The molecule has 0 amide bonds. The lowest BCUT2D eigenvalue weighted by Gasteiger charge is -1.97. The number of nitrogens with zero attached hydrogens (tertiary/aromatic N) is 3. The average molecular weight is 169 g/mol. The van der Waals surface area contributed by atoms with Crippen LogP contribution in [0.25, 0.3) is 0 Å². The molecule has 0 saturated heterocycles. The summed E-state index contributed by atoms with van der Waals surface area (Å²) in [6, 6.07) is 1.86. The number of hydrogen-bond acceptors (Lipinski definition) is 4. The van der Waals surface area contributed by atoms with Gasteiger partial charge in [-0.3, -0.25) is 0 Å². The second-order valence-electron chi connectivity index (χ2n) is 1.76. The van der Waals surface area contributed by atoms with Crippen LogP contribution < -0.4 is 5.32 Å². The summed E-state index contributed by atoms with van der Waals surface area (Å²) >= 11 is 5.59. The van der Waals surface area contributed by atoms with Crippen LogP contribution in [0, 0.1) is 11.3 Å². The van der Waals surface area contributed by atoms with Gasteiger partial charge >= 0.3 is 0 Å². The van der Waals surface area contributed by atoms with Gasteiger partial charge in [-0.1, -0.05) is 11.6 Å². The van der Waals surface area contributed by atoms with Crippen LogP contribution in [0.3, 0.4) is 0 Å². The molecular formula is C6H5ClN4. The minimum Gasteiger partial charge on any atom is -0.357 e. The third-order valence-corrected chi connectivity index (χ3v) is 1.37. The van der Waals surface area contributed by atoms with Gasteiger partial charge < -0.3 is 5.32 Å². The topological polar surface area (TPSA) is 61.6 Å². The summed E-state index contributed by atoms with van der Waals surface area (Å²) in [5, 5.41) is 11.3. The summed E-state index contributed by atoms with van der Waals surface area (Å²) in [7, 11) is 1.68. The van der Waals surface area contributed by atoms with Gasteiger partial charge in [0.2, 0.25) is 5.95 Å². The van der Waals surface area contributed by atoms with E-state index in [1.54, 1.807) is 7.05 Å². The van der Waals surface area contributed by atoms with Crippen molar-refractivity contribution in [2.24, 2.45) is 0 Å². The van der Waals surface area contributed by atoms with Crippen LogP contribution in [0.4, 0.5) is 5.95 Å². The maximum Gasteiger partial charge on any atom is 0.223 e. The number of nitrogens with one attached hydrogen (secondary N) is 1. The van der Waals surface area contributed by atoms with Crippen molar-refractivity contribution < 1.29 is 0 Å². The van der Waals surface area contributed by atoms with Crippen molar-refractivity contribution in [3.63, 3.8) is 0 Å². The number of aromatic nitrogens is 2. The van der Waals surface area contributed by atoms with Crippen LogP contribution in [0.15, 0.2) is 6.20 Å². The standard InChI is InChI=1S/C6H5ClN4/c1-9-6-10-3-4(2-8)5(7)11-6/h3H,1H3,(H,9,10,11). The van der Waals surface area contributed by atoms with E-state index in [1.807, 2.05) is 6.07 Å². The summed E-state index contributed by atoms with van der Waals surface area (Å²) in [4.78, 5) is 7.58. The fourth-order valence-electron chi connectivity index (χ4n) is 0.556. The number of hydrogen-bond donors (Lipinski definition) is 1. The molecule has 0 aliphatic heterocycles. The molecule has 1 N–H and O–H groups in total. The third kappa shape index (κ3) is 1.57. The van der Waals surface area contributed by atoms with Gasteiger partial charge in [-0.05, 0) is 0 Å². The predicted octanol–water partition coefficient (Wildman–Crippen LogP) is 1.04. The minimum atomic E-state index is 0.173. The fraction of sp³-hybridized carbons (Fsp3) is 0.167.